The summed E-state index contributed by atoms with van der Waals surface area (Å²) in [5.41, 5.74) is 1.60. The fraction of sp³-hybridized carbons (Fsp3) is 0.286. The number of hydrogen-bond donors (Lipinski definition) is 2. The highest BCUT2D eigenvalue weighted by molar-refractivity contribution is 7.92. The van der Waals surface area contributed by atoms with Gasteiger partial charge in [0.15, 0.2) is 0 Å². The first-order valence-corrected chi connectivity index (χ1v) is 8.72. The molecule has 2 N–H and O–H groups in total. The van der Waals surface area contributed by atoms with Crippen LogP contribution in [-0.4, -0.2) is 13.5 Å². The molecule has 1 aromatic heterocycles. The molecule has 0 spiro atoms. The quantitative estimate of drug-likeness (QED) is 0.862. The molecule has 0 atom stereocenters. The van der Waals surface area contributed by atoms with Crippen LogP contribution in [0.15, 0.2) is 40.6 Å². The van der Waals surface area contributed by atoms with Gasteiger partial charge in [-0.05, 0) is 24.1 Å². The molecule has 6 heteroatoms. The second kappa shape index (κ2) is 6.39. The molecule has 0 amide bonds. The Labute approximate surface area is 123 Å². The fourth-order valence-electron chi connectivity index (χ4n) is 1.90. The van der Waals surface area contributed by atoms with Crippen LogP contribution < -0.4 is 4.72 Å². The molecule has 0 saturated carbocycles. The average Bonchev–Trinajstić information content (AvgIpc) is 2.91. The van der Waals surface area contributed by atoms with Gasteiger partial charge >= 0.3 is 0 Å². The van der Waals surface area contributed by atoms with E-state index in [0.717, 1.165) is 18.4 Å². The highest BCUT2D eigenvalue weighted by atomic mass is 32.2. The van der Waals surface area contributed by atoms with Gasteiger partial charge in [0, 0.05) is 10.3 Å². The second-order valence-electron chi connectivity index (χ2n) is 4.42. The molecule has 0 aliphatic heterocycles. The lowest BCUT2D eigenvalue weighted by molar-refractivity contribution is 0.285. The summed E-state index contributed by atoms with van der Waals surface area (Å²) >= 11 is 1.23. The first kappa shape index (κ1) is 15.0. The number of nitrogens with one attached hydrogen (secondary N) is 1. The average molecular weight is 311 g/mol. The summed E-state index contributed by atoms with van der Waals surface area (Å²) < 4.78 is 27.2. The van der Waals surface area contributed by atoms with Crippen molar-refractivity contribution in [1.29, 1.82) is 0 Å². The van der Waals surface area contributed by atoms with Gasteiger partial charge in [-0.1, -0.05) is 31.5 Å². The molecule has 0 bridgehead atoms. The van der Waals surface area contributed by atoms with E-state index in [4.69, 9.17) is 5.11 Å². The Hall–Kier alpha value is -1.37. The third-order valence-corrected chi connectivity index (χ3v) is 5.29. The highest BCUT2D eigenvalue weighted by Gasteiger charge is 2.17. The largest absolute Gasteiger partial charge is 0.391 e. The summed E-state index contributed by atoms with van der Waals surface area (Å²) in [6.45, 7) is 1.91. The number of rotatable bonds is 6. The first-order chi connectivity index (χ1) is 9.56. The maximum Gasteiger partial charge on any atom is 0.262 e. The van der Waals surface area contributed by atoms with Crippen molar-refractivity contribution in [2.75, 3.05) is 4.72 Å². The van der Waals surface area contributed by atoms with Gasteiger partial charge in [-0.25, -0.2) is 8.42 Å². The number of aliphatic hydroxyl groups excluding tert-OH is 1. The topological polar surface area (TPSA) is 66.4 Å². The van der Waals surface area contributed by atoms with Crippen molar-refractivity contribution in [2.24, 2.45) is 0 Å². The van der Waals surface area contributed by atoms with E-state index < -0.39 is 10.0 Å². The van der Waals surface area contributed by atoms with Crippen LogP contribution in [0, 0.1) is 0 Å². The number of aryl methyl sites for hydroxylation is 1. The van der Waals surface area contributed by atoms with Crippen molar-refractivity contribution in [3.63, 3.8) is 0 Å². The van der Waals surface area contributed by atoms with Gasteiger partial charge in [0.05, 0.1) is 17.2 Å². The van der Waals surface area contributed by atoms with Crippen molar-refractivity contribution < 1.29 is 13.5 Å². The van der Waals surface area contributed by atoms with E-state index in [0.29, 0.717) is 10.6 Å². The molecule has 0 aliphatic carbocycles. The fourth-order valence-corrected chi connectivity index (χ4v) is 4.13. The highest BCUT2D eigenvalue weighted by Crippen LogP contribution is 2.24. The molecule has 2 rings (SSSR count). The maximum absolute atomic E-state index is 12.3. The Balaban J connectivity index is 2.28. The molecule has 0 saturated heterocycles. The molecule has 20 heavy (non-hydrogen) atoms. The third-order valence-electron chi connectivity index (χ3n) is 2.88. The monoisotopic (exact) mass is 311 g/mol. The summed E-state index contributed by atoms with van der Waals surface area (Å²) in [6, 6.07) is 8.90. The predicted octanol–water partition coefficient (Wildman–Crippen LogP) is 2.99. The normalized spacial score (nSPS) is 11.5. The Kier molecular flexibility index (Phi) is 4.80. The van der Waals surface area contributed by atoms with Crippen LogP contribution >= 0.6 is 11.3 Å². The summed E-state index contributed by atoms with van der Waals surface area (Å²) in [7, 11) is -3.59. The smallest absolute Gasteiger partial charge is 0.262 e. The number of hydrogen-bond acceptors (Lipinski definition) is 4. The van der Waals surface area contributed by atoms with Crippen molar-refractivity contribution in [1.82, 2.24) is 0 Å². The molecule has 4 nitrogen and oxygen atoms in total. The van der Waals surface area contributed by atoms with Crippen LogP contribution in [-0.2, 0) is 23.1 Å². The molecule has 108 valence electrons. The van der Waals surface area contributed by atoms with Crippen molar-refractivity contribution in [3.8, 4) is 0 Å². The van der Waals surface area contributed by atoms with Gasteiger partial charge in [-0.2, -0.15) is 0 Å². The van der Waals surface area contributed by atoms with Crippen molar-refractivity contribution >= 4 is 27.0 Å². The molecule has 0 unspecified atom stereocenters. The lowest BCUT2D eigenvalue weighted by atomic mass is 10.1. The summed E-state index contributed by atoms with van der Waals surface area (Å²) in [6.07, 6.45) is 1.77. The van der Waals surface area contributed by atoms with Gasteiger partial charge < -0.3 is 5.11 Å². The zero-order chi connectivity index (χ0) is 14.6. The van der Waals surface area contributed by atoms with Crippen LogP contribution in [0.1, 0.15) is 23.8 Å². The third kappa shape index (κ3) is 3.39. The number of anilines is 1. The second-order valence-corrected chi connectivity index (χ2v) is 7.10. The van der Waals surface area contributed by atoms with E-state index in [9.17, 15) is 8.42 Å². The Morgan fingerprint density at radius 3 is 2.70 bits per heavy atom. The molecule has 0 aliphatic rings. The van der Waals surface area contributed by atoms with E-state index in [1.807, 2.05) is 18.2 Å². The Morgan fingerprint density at radius 2 is 2.05 bits per heavy atom. The molecule has 0 radical (unpaired) electrons. The van der Waals surface area contributed by atoms with Gasteiger partial charge in [-0.15, -0.1) is 11.3 Å². The van der Waals surface area contributed by atoms with Crippen LogP contribution in [0.25, 0.3) is 0 Å². The molecule has 0 fully saturated rings. The lowest BCUT2D eigenvalue weighted by Crippen LogP contribution is -2.13. The van der Waals surface area contributed by atoms with Gasteiger partial charge in [0.25, 0.3) is 10.0 Å². The van der Waals surface area contributed by atoms with Crippen LogP contribution in [0.2, 0.25) is 0 Å². The van der Waals surface area contributed by atoms with E-state index in [1.54, 1.807) is 6.07 Å². The molecule has 1 aromatic carbocycles. The number of sulfonamides is 1. The zero-order valence-electron chi connectivity index (χ0n) is 11.2. The summed E-state index contributed by atoms with van der Waals surface area (Å²) in [4.78, 5) is 0.824. The van der Waals surface area contributed by atoms with Crippen LogP contribution in [0.3, 0.4) is 0 Å². The molecular weight excluding hydrogens is 294 g/mol. The molecular formula is C14H17NO3S2. The zero-order valence-corrected chi connectivity index (χ0v) is 12.8. The number of benzene rings is 1. The Morgan fingerprint density at radius 1 is 1.30 bits per heavy atom. The maximum atomic E-state index is 12.3. The van der Waals surface area contributed by atoms with Gasteiger partial charge in [0.1, 0.15) is 0 Å². The Bertz CT molecular complexity index is 677. The number of thiophene rings is 1. The number of para-hydroxylation sites is 1. The van der Waals surface area contributed by atoms with Gasteiger partial charge in [-0.3, -0.25) is 4.72 Å². The van der Waals surface area contributed by atoms with Crippen molar-refractivity contribution in [3.05, 3.63) is 46.2 Å². The lowest BCUT2D eigenvalue weighted by Gasteiger charge is -2.11. The first-order valence-electron chi connectivity index (χ1n) is 6.36. The molecule has 2 aromatic rings. The standard InChI is InChI=1S/C14H17NO3S2/c1-2-5-11-6-3-4-7-14(11)15-20(17,18)13-8-12(9-16)19-10-13/h3-4,6-8,10,15-16H,2,5,9H2,1H3. The van der Waals surface area contributed by atoms with Crippen LogP contribution in [0.5, 0.6) is 0 Å². The summed E-state index contributed by atoms with van der Waals surface area (Å²) in [5, 5.41) is 10.6. The minimum atomic E-state index is -3.59. The minimum absolute atomic E-state index is 0.146. The number of aliphatic hydroxyl groups is 1. The van der Waals surface area contributed by atoms with E-state index >= 15 is 0 Å². The van der Waals surface area contributed by atoms with E-state index in [1.165, 1.54) is 22.8 Å². The van der Waals surface area contributed by atoms with Crippen LogP contribution in [0.4, 0.5) is 5.69 Å². The van der Waals surface area contributed by atoms with E-state index in [-0.39, 0.29) is 11.5 Å². The SMILES string of the molecule is CCCc1ccccc1NS(=O)(=O)c1csc(CO)c1. The van der Waals surface area contributed by atoms with Crippen molar-refractivity contribution in [2.45, 2.75) is 31.3 Å². The summed E-state index contributed by atoms with van der Waals surface area (Å²) in [5.74, 6) is 0. The minimum Gasteiger partial charge on any atom is -0.391 e. The van der Waals surface area contributed by atoms with Gasteiger partial charge in [0.2, 0.25) is 0 Å². The van der Waals surface area contributed by atoms with E-state index in [2.05, 4.69) is 11.6 Å². The predicted molar refractivity (Wildman–Crippen MR) is 81.5 cm³/mol. The molecule has 1 heterocycles.